The maximum absolute atomic E-state index is 4.96. The highest BCUT2D eigenvalue weighted by Crippen LogP contribution is 2.30. The van der Waals surface area contributed by atoms with Crippen molar-refractivity contribution in [2.75, 3.05) is 0 Å². The van der Waals surface area contributed by atoms with E-state index >= 15 is 0 Å². The molecule has 0 aliphatic carbocycles. The molecule has 0 saturated carbocycles. The molecule has 2 nitrogen and oxygen atoms in total. The maximum atomic E-state index is 4.96. The summed E-state index contributed by atoms with van der Waals surface area (Å²) in [5.74, 6) is 2.06. The zero-order valence-electron chi connectivity index (χ0n) is 28.9. The summed E-state index contributed by atoms with van der Waals surface area (Å²) in [6.45, 7) is 9.34. The van der Waals surface area contributed by atoms with Crippen LogP contribution in [0.2, 0.25) is 0 Å². The Balaban J connectivity index is 2.27. The Morgan fingerprint density at radius 2 is 0.805 bits per heavy atom. The lowest BCUT2D eigenvalue weighted by atomic mass is 9.92. The summed E-state index contributed by atoms with van der Waals surface area (Å²) in [4.78, 5) is 4.96. The molecule has 2 heteroatoms. The Morgan fingerprint density at radius 3 is 1.17 bits per heavy atom. The van der Waals surface area contributed by atoms with Crippen LogP contribution >= 0.6 is 0 Å². The molecule has 0 saturated heterocycles. The van der Waals surface area contributed by atoms with Gasteiger partial charge in [0.15, 0.2) is 0 Å². The van der Waals surface area contributed by atoms with E-state index in [4.69, 9.17) is 4.98 Å². The minimum Gasteiger partial charge on any atom is -0.332 e. The first-order valence-corrected chi connectivity index (χ1v) is 19.3. The number of hydrogen-bond acceptors (Lipinski definition) is 1. The Hall–Kier alpha value is -0.790. The normalized spacial score (nSPS) is 13.2. The van der Waals surface area contributed by atoms with Crippen LogP contribution in [-0.4, -0.2) is 9.55 Å². The Bertz CT molecular complexity index is 635. The predicted octanol–water partition coefficient (Wildman–Crippen LogP) is 14.3. The van der Waals surface area contributed by atoms with Crippen LogP contribution in [-0.2, 0) is 0 Å². The monoisotopic (exact) mass is 573 g/mol. The van der Waals surface area contributed by atoms with E-state index in [1.54, 1.807) is 0 Å². The summed E-state index contributed by atoms with van der Waals surface area (Å²) >= 11 is 0. The lowest BCUT2D eigenvalue weighted by molar-refractivity contribution is 0.417. The first-order chi connectivity index (χ1) is 20.2. The van der Waals surface area contributed by atoms with Crippen molar-refractivity contribution >= 4 is 0 Å². The summed E-state index contributed by atoms with van der Waals surface area (Å²) < 4.78 is 2.54. The highest BCUT2D eigenvalue weighted by atomic mass is 15.1. The predicted molar refractivity (Wildman–Crippen MR) is 185 cm³/mol. The summed E-state index contributed by atoms with van der Waals surface area (Å²) in [6, 6.07) is 0.587. The molecule has 1 aromatic heterocycles. The van der Waals surface area contributed by atoms with Gasteiger partial charge in [-0.15, -0.1) is 0 Å². The molecule has 0 radical (unpaired) electrons. The van der Waals surface area contributed by atoms with Crippen molar-refractivity contribution in [1.29, 1.82) is 0 Å². The standard InChI is InChI=1S/C39H76N2/c1-5-8-11-13-15-17-19-20-21-22-23-25-27-29-31-34-38(33-30-28-26-24-18-16-14-12-9-6-2)39-40-35-36-41(39)37(4)32-10-7-3/h35-38H,5-34H2,1-4H3. The molecule has 0 bridgehead atoms. The van der Waals surface area contributed by atoms with Crippen LogP contribution in [0, 0.1) is 0 Å². The van der Waals surface area contributed by atoms with Gasteiger partial charge in [0.2, 0.25) is 0 Å². The van der Waals surface area contributed by atoms with Crippen molar-refractivity contribution in [3.63, 3.8) is 0 Å². The van der Waals surface area contributed by atoms with Crippen molar-refractivity contribution < 1.29 is 0 Å². The van der Waals surface area contributed by atoms with E-state index in [0.29, 0.717) is 12.0 Å². The zero-order valence-corrected chi connectivity index (χ0v) is 28.9. The van der Waals surface area contributed by atoms with Gasteiger partial charge in [-0.25, -0.2) is 4.98 Å². The third-order valence-corrected chi connectivity index (χ3v) is 9.58. The molecule has 41 heavy (non-hydrogen) atoms. The fraction of sp³-hybridized carbons (Fsp3) is 0.923. The molecule has 0 aromatic carbocycles. The summed E-state index contributed by atoms with van der Waals surface area (Å²) in [5, 5.41) is 0. The molecule has 0 amide bonds. The molecule has 1 aromatic rings. The SMILES string of the molecule is CCCCCCCCCCCCCCCCCC(CCCCCCCCCCCC)c1nccn1C(C)CCCC. The first-order valence-electron chi connectivity index (χ1n) is 19.3. The number of hydrogen-bond donors (Lipinski definition) is 0. The lowest BCUT2D eigenvalue weighted by Crippen LogP contribution is -2.13. The Morgan fingerprint density at radius 1 is 0.463 bits per heavy atom. The average Bonchev–Trinajstić information content (AvgIpc) is 3.48. The van der Waals surface area contributed by atoms with Crippen LogP contribution in [0.4, 0.5) is 0 Å². The Labute approximate surface area is 259 Å². The van der Waals surface area contributed by atoms with Crippen LogP contribution in [0.1, 0.15) is 238 Å². The second-order valence-electron chi connectivity index (χ2n) is 13.6. The third-order valence-electron chi connectivity index (χ3n) is 9.58. The van der Waals surface area contributed by atoms with Gasteiger partial charge in [-0.2, -0.15) is 0 Å². The van der Waals surface area contributed by atoms with Crippen LogP contribution in [0.15, 0.2) is 12.4 Å². The van der Waals surface area contributed by atoms with E-state index in [0.717, 1.165) is 0 Å². The van der Waals surface area contributed by atoms with Gasteiger partial charge in [0.05, 0.1) is 0 Å². The molecule has 1 rings (SSSR count). The van der Waals surface area contributed by atoms with Gasteiger partial charge in [0, 0.05) is 24.4 Å². The second kappa shape index (κ2) is 29.3. The van der Waals surface area contributed by atoms with E-state index < -0.39 is 0 Å². The van der Waals surface area contributed by atoms with Gasteiger partial charge < -0.3 is 4.57 Å². The maximum Gasteiger partial charge on any atom is 0.111 e. The molecule has 0 N–H and O–H groups in total. The van der Waals surface area contributed by atoms with Crippen LogP contribution in [0.25, 0.3) is 0 Å². The van der Waals surface area contributed by atoms with Crippen molar-refractivity contribution in [1.82, 2.24) is 9.55 Å². The van der Waals surface area contributed by atoms with Crippen molar-refractivity contribution in [3.05, 3.63) is 18.2 Å². The summed E-state index contributed by atoms with van der Waals surface area (Å²) in [7, 11) is 0. The molecular formula is C39H76N2. The van der Waals surface area contributed by atoms with E-state index in [-0.39, 0.29) is 0 Å². The third kappa shape index (κ3) is 21.5. The zero-order chi connectivity index (χ0) is 29.6. The number of imidazole rings is 1. The van der Waals surface area contributed by atoms with Gasteiger partial charge in [-0.1, -0.05) is 194 Å². The molecule has 1 heterocycles. The fourth-order valence-electron chi connectivity index (χ4n) is 6.69. The molecule has 2 atom stereocenters. The van der Waals surface area contributed by atoms with E-state index in [2.05, 4.69) is 44.7 Å². The van der Waals surface area contributed by atoms with Gasteiger partial charge in [0.1, 0.15) is 5.82 Å². The molecule has 242 valence electrons. The number of nitrogens with zero attached hydrogens (tertiary/aromatic N) is 2. The molecular weight excluding hydrogens is 496 g/mol. The quantitative estimate of drug-likeness (QED) is 0.0785. The second-order valence-corrected chi connectivity index (χ2v) is 13.6. The highest BCUT2D eigenvalue weighted by molar-refractivity contribution is 5.02. The minimum absolute atomic E-state index is 0.587. The fourth-order valence-corrected chi connectivity index (χ4v) is 6.69. The number of rotatable bonds is 32. The lowest BCUT2D eigenvalue weighted by Gasteiger charge is -2.22. The van der Waals surface area contributed by atoms with Crippen LogP contribution in [0.3, 0.4) is 0 Å². The van der Waals surface area contributed by atoms with E-state index in [1.807, 2.05) is 0 Å². The average molecular weight is 573 g/mol. The highest BCUT2D eigenvalue weighted by Gasteiger charge is 2.19. The summed E-state index contributed by atoms with van der Waals surface area (Å²) in [6.07, 6.45) is 46.8. The first kappa shape index (κ1) is 38.2. The van der Waals surface area contributed by atoms with Gasteiger partial charge in [-0.3, -0.25) is 0 Å². The summed E-state index contributed by atoms with van der Waals surface area (Å²) in [5.41, 5.74) is 0. The van der Waals surface area contributed by atoms with E-state index in [9.17, 15) is 0 Å². The molecule has 2 unspecified atom stereocenters. The van der Waals surface area contributed by atoms with Crippen molar-refractivity contribution in [3.8, 4) is 0 Å². The molecule has 0 aliphatic rings. The van der Waals surface area contributed by atoms with E-state index in [1.165, 1.54) is 198 Å². The van der Waals surface area contributed by atoms with Crippen molar-refractivity contribution in [2.24, 2.45) is 0 Å². The molecule has 0 spiro atoms. The van der Waals surface area contributed by atoms with Crippen molar-refractivity contribution in [2.45, 2.75) is 232 Å². The number of aromatic nitrogens is 2. The van der Waals surface area contributed by atoms with Crippen LogP contribution in [0.5, 0.6) is 0 Å². The van der Waals surface area contributed by atoms with Gasteiger partial charge in [-0.05, 0) is 26.2 Å². The largest absolute Gasteiger partial charge is 0.332 e. The Kier molecular flexibility index (Phi) is 27.3. The van der Waals surface area contributed by atoms with Gasteiger partial charge in [0.25, 0.3) is 0 Å². The number of unbranched alkanes of at least 4 members (excludes halogenated alkanes) is 24. The van der Waals surface area contributed by atoms with Gasteiger partial charge >= 0.3 is 0 Å². The topological polar surface area (TPSA) is 17.8 Å². The molecule has 0 aliphatic heterocycles. The van der Waals surface area contributed by atoms with Crippen LogP contribution < -0.4 is 0 Å². The molecule has 0 fully saturated rings. The smallest absolute Gasteiger partial charge is 0.111 e. The minimum atomic E-state index is 0.587.